The highest BCUT2D eigenvalue weighted by Gasteiger charge is 2.45. The number of nitrogens with one attached hydrogen (secondary N) is 1. The Morgan fingerprint density at radius 1 is 1.19 bits per heavy atom. The van der Waals surface area contributed by atoms with Crippen LogP contribution in [0.25, 0.3) is 0 Å². The number of ether oxygens (including phenoxy) is 2. The summed E-state index contributed by atoms with van der Waals surface area (Å²) >= 11 is 2.04. The third-order valence-corrected chi connectivity index (χ3v) is 8.44. The van der Waals surface area contributed by atoms with Gasteiger partial charge in [-0.3, -0.25) is 14.4 Å². The predicted molar refractivity (Wildman–Crippen MR) is 145 cm³/mol. The monoisotopic (exact) mass is 626 g/mol. The largest absolute Gasteiger partial charge is 0.493 e. The third kappa shape index (κ3) is 6.12. The van der Waals surface area contributed by atoms with Gasteiger partial charge < -0.3 is 29.9 Å². The Labute approximate surface area is 230 Å². The summed E-state index contributed by atoms with van der Waals surface area (Å²) in [6.45, 7) is -0.0982. The number of benzene rings is 1. The SMILES string of the molecule is COc1cc(C=O)cc(I)c1O[C@H]1C=C(C(=O)NCCO)C[C@@H](N(C(=O)C2CCC2)C2CCCC2)[C@@H]1O. The van der Waals surface area contributed by atoms with Crippen molar-refractivity contribution in [2.45, 2.75) is 75.7 Å². The number of aliphatic hydroxyl groups is 2. The maximum Gasteiger partial charge on any atom is 0.247 e. The van der Waals surface area contributed by atoms with Gasteiger partial charge in [0, 0.05) is 36.1 Å². The molecule has 1 aromatic rings. The second kappa shape index (κ2) is 12.6. The molecule has 1 aromatic carbocycles. The molecule has 202 valence electrons. The lowest BCUT2D eigenvalue weighted by Gasteiger charge is -2.45. The van der Waals surface area contributed by atoms with E-state index in [-0.39, 0.29) is 43.3 Å². The van der Waals surface area contributed by atoms with Crippen molar-refractivity contribution >= 4 is 40.7 Å². The molecule has 3 aliphatic rings. The average molecular weight is 626 g/mol. The van der Waals surface area contributed by atoms with Crippen molar-refractivity contribution in [1.82, 2.24) is 10.2 Å². The van der Waals surface area contributed by atoms with Crippen molar-refractivity contribution in [1.29, 1.82) is 0 Å². The lowest BCUT2D eigenvalue weighted by atomic mass is 9.81. The second-order valence-corrected chi connectivity index (χ2v) is 11.1. The van der Waals surface area contributed by atoms with Gasteiger partial charge in [-0.05, 0) is 66.5 Å². The van der Waals surface area contributed by atoms with E-state index in [4.69, 9.17) is 9.47 Å². The fourth-order valence-corrected chi connectivity index (χ4v) is 6.22. The predicted octanol–water partition coefficient (Wildman–Crippen LogP) is 2.60. The van der Waals surface area contributed by atoms with Crippen LogP contribution in [0.15, 0.2) is 23.8 Å². The summed E-state index contributed by atoms with van der Waals surface area (Å²) < 4.78 is 12.4. The van der Waals surface area contributed by atoms with Crippen LogP contribution in [0.4, 0.5) is 0 Å². The van der Waals surface area contributed by atoms with Gasteiger partial charge in [0.15, 0.2) is 11.5 Å². The van der Waals surface area contributed by atoms with Crippen LogP contribution in [0, 0.1) is 9.49 Å². The standard InChI is InChI=1S/C27H35IN2O7/c1-36-23-12-16(15-32)11-20(28)25(23)37-22-14-18(26(34)29-9-10-31)13-21(24(22)33)30(19-7-2-3-8-19)27(35)17-5-4-6-17/h11-12,14-15,17,19,21-22,24,31,33H,2-10,13H2,1H3,(H,29,34)/t21-,22+,24+/m1/s1. The molecule has 2 amide bonds. The first kappa shape index (κ1) is 27.8. The lowest BCUT2D eigenvalue weighted by Crippen LogP contribution is -2.59. The number of rotatable bonds is 10. The summed E-state index contributed by atoms with van der Waals surface area (Å²) in [7, 11) is 1.47. The number of hydrogen-bond acceptors (Lipinski definition) is 7. The van der Waals surface area contributed by atoms with Crippen LogP contribution in [0.3, 0.4) is 0 Å². The Kier molecular flexibility index (Phi) is 9.46. The Bertz CT molecular complexity index is 1040. The zero-order valence-corrected chi connectivity index (χ0v) is 23.2. The molecule has 0 heterocycles. The van der Waals surface area contributed by atoms with E-state index in [0.717, 1.165) is 51.2 Å². The molecule has 0 unspecified atom stereocenters. The highest BCUT2D eigenvalue weighted by molar-refractivity contribution is 14.1. The molecule has 3 N–H and O–H groups in total. The van der Waals surface area contributed by atoms with E-state index in [2.05, 4.69) is 5.32 Å². The zero-order valence-electron chi connectivity index (χ0n) is 21.0. The number of halogens is 1. The van der Waals surface area contributed by atoms with Gasteiger partial charge in [-0.2, -0.15) is 0 Å². The summed E-state index contributed by atoms with van der Waals surface area (Å²) in [6.07, 6.45) is 7.03. The van der Waals surface area contributed by atoms with Crippen molar-refractivity contribution in [2.24, 2.45) is 5.92 Å². The van der Waals surface area contributed by atoms with Crippen LogP contribution in [-0.2, 0) is 9.59 Å². The minimum Gasteiger partial charge on any atom is -0.493 e. The van der Waals surface area contributed by atoms with Crippen LogP contribution in [-0.4, -0.2) is 77.8 Å². The molecular weight excluding hydrogens is 591 g/mol. The van der Waals surface area contributed by atoms with Gasteiger partial charge in [0.25, 0.3) is 0 Å². The van der Waals surface area contributed by atoms with E-state index in [1.54, 1.807) is 18.2 Å². The van der Waals surface area contributed by atoms with Gasteiger partial charge in [-0.15, -0.1) is 0 Å². The molecule has 3 aliphatic carbocycles. The minimum absolute atomic E-state index is 0.0230. The molecule has 4 rings (SSSR count). The normalized spacial score (nSPS) is 24.1. The van der Waals surface area contributed by atoms with Gasteiger partial charge in [0.1, 0.15) is 18.5 Å². The van der Waals surface area contributed by atoms with Crippen molar-refractivity contribution in [3.63, 3.8) is 0 Å². The number of nitrogens with zero attached hydrogens (tertiary/aromatic N) is 1. The Hall–Kier alpha value is -2.18. The molecule has 0 aromatic heterocycles. The van der Waals surface area contributed by atoms with E-state index in [1.807, 2.05) is 27.5 Å². The van der Waals surface area contributed by atoms with E-state index in [0.29, 0.717) is 26.2 Å². The molecule has 2 fully saturated rings. The molecule has 0 aliphatic heterocycles. The molecule has 2 saturated carbocycles. The smallest absolute Gasteiger partial charge is 0.247 e. The summed E-state index contributed by atoms with van der Waals surface area (Å²) in [6, 6.07) is 2.61. The number of carbonyl (C=O) groups excluding carboxylic acids is 3. The highest BCUT2D eigenvalue weighted by atomic mass is 127. The van der Waals surface area contributed by atoms with Crippen molar-refractivity contribution in [2.75, 3.05) is 20.3 Å². The summed E-state index contributed by atoms with van der Waals surface area (Å²) in [4.78, 5) is 39.9. The van der Waals surface area contributed by atoms with Crippen LogP contribution in [0.2, 0.25) is 0 Å². The van der Waals surface area contributed by atoms with E-state index >= 15 is 0 Å². The van der Waals surface area contributed by atoms with Crippen molar-refractivity contribution in [3.05, 3.63) is 32.9 Å². The van der Waals surface area contributed by atoms with E-state index in [1.165, 1.54) is 7.11 Å². The maximum atomic E-state index is 13.7. The number of amides is 2. The molecule has 9 nitrogen and oxygen atoms in total. The number of methoxy groups -OCH3 is 1. The molecule has 0 radical (unpaired) electrons. The van der Waals surface area contributed by atoms with Gasteiger partial charge in [0.05, 0.1) is 23.3 Å². The molecule has 3 atom stereocenters. The molecular formula is C27H35IN2O7. The van der Waals surface area contributed by atoms with Crippen LogP contribution in [0.1, 0.15) is 61.7 Å². The lowest BCUT2D eigenvalue weighted by molar-refractivity contribution is -0.149. The number of carbonyl (C=O) groups is 3. The Morgan fingerprint density at radius 3 is 2.51 bits per heavy atom. The molecule has 10 heteroatoms. The maximum absolute atomic E-state index is 13.7. The average Bonchev–Trinajstić information content (AvgIpc) is 3.38. The van der Waals surface area contributed by atoms with Crippen molar-refractivity contribution < 1.29 is 34.1 Å². The molecule has 0 saturated heterocycles. The van der Waals surface area contributed by atoms with E-state index in [9.17, 15) is 24.6 Å². The van der Waals surface area contributed by atoms with Gasteiger partial charge in [-0.25, -0.2) is 0 Å². The Morgan fingerprint density at radius 2 is 1.92 bits per heavy atom. The fourth-order valence-electron chi connectivity index (χ4n) is 5.47. The van der Waals surface area contributed by atoms with Gasteiger partial charge in [0.2, 0.25) is 11.8 Å². The van der Waals surface area contributed by atoms with Crippen LogP contribution in [0.5, 0.6) is 11.5 Å². The molecule has 0 spiro atoms. The van der Waals surface area contributed by atoms with Gasteiger partial charge in [-0.1, -0.05) is 19.3 Å². The number of aliphatic hydroxyl groups excluding tert-OH is 2. The zero-order chi connectivity index (χ0) is 26.5. The number of hydrogen-bond donors (Lipinski definition) is 3. The summed E-state index contributed by atoms with van der Waals surface area (Å²) in [5, 5.41) is 23.5. The molecule has 37 heavy (non-hydrogen) atoms. The topological polar surface area (TPSA) is 125 Å². The van der Waals surface area contributed by atoms with Gasteiger partial charge >= 0.3 is 0 Å². The third-order valence-electron chi connectivity index (χ3n) is 7.64. The first-order valence-corrected chi connectivity index (χ1v) is 14.0. The van der Waals surface area contributed by atoms with Crippen LogP contribution >= 0.6 is 22.6 Å². The fraction of sp³-hybridized carbons (Fsp3) is 0.593. The first-order valence-electron chi connectivity index (χ1n) is 13.0. The highest BCUT2D eigenvalue weighted by Crippen LogP contribution is 2.39. The molecule has 0 bridgehead atoms. The van der Waals surface area contributed by atoms with Crippen molar-refractivity contribution in [3.8, 4) is 11.5 Å². The van der Waals surface area contributed by atoms with Crippen LogP contribution < -0.4 is 14.8 Å². The Balaban J connectivity index is 1.70. The summed E-state index contributed by atoms with van der Waals surface area (Å²) in [5.41, 5.74) is 0.824. The second-order valence-electron chi connectivity index (χ2n) is 9.98. The minimum atomic E-state index is -1.08. The number of aldehydes is 1. The summed E-state index contributed by atoms with van der Waals surface area (Å²) in [5.74, 6) is 0.339. The quantitative estimate of drug-likeness (QED) is 0.270. The van der Waals surface area contributed by atoms with E-state index < -0.39 is 18.2 Å². The first-order chi connectivity index (χ1) is 17.9.